The highest BCUT2D eigenvalue weighted by molar-refractivity contribution is 6.04. The molecule has 3 aromatic rings. The van der Waals surface area contributed by atoms with Crippen LogP contribution >= 0.6 is 0 Å². The lowest BCUT2D eigenvalue weighted by Gasteiger charge is -2.31. The summed E-state index contributed by atoms with van der Waals surface area (Å²) in [6.45, 7) is 0.479. The van der Waals surface area contributed by atoms with Crippen LogP contribution in [0.15, 0.2) is 59.8 Å². The summed E-state index contributed by atoms with van der Waals surface area (Å²) in [4.78, 5) is 30.6. The largest absolute Gasteiger partial charge is 0.325 e. The van der Waals surface area contributed by atoms with Gasteiger partial charge in [0.05, 0.1) is 12.0 Å². The molecule has 2 heterocycles. The molecular weight excluding hydrogens is 374 g/mol. The number of carbonyl (C=O) groups excluding carboxylic acids is 1. The number of amides is 1. The number of rotatable bonds is 4. The standard InChI is InChI=1S/C25H25N3O2/c29-23-21-4-1-5-22(20(21)6-8-28(23)15-16-3-2-7-26-14-16)27-24(30)25-12-17-9-18(13-25)11-19(25)10-17/h1-8,14,17-19H,9-13,15H2,(H,27,30)/t17-,18+,19?,25?. The van der Waals surface area contributed by atoms with Crippen LogP contribution in [0.2, 0.25) is 0 Å². The van der Waals surface area contributed by atoms with E-state index in [1.54, 1.807) is 17.0 Å². The summed E-state index contributed by atoms with van der Waals surface area (Å²) < 4.78 is 1.70. The topological polar surface area (TPSA) is 64.0 Å². The molecule has 0 saturated heterocycles. The SMILES string of the molecule is O=C(Nc1cccc2c(=O)n(Cc3cccnc3)ccc12)C12C[C@@H]3CC1C[C@@H](C3)C2. The van der Waals surface area contributed by atoms with Gasteiger partial charge in [0.25, 0.3) is 5.56 Å². The zero-order valence-electron chi connectivity index (χ0n) is 16.9. The number of hydrogen-bond donors (Lipinski definition) is 1. The smallest absolute Gasteiger partial charge is 0.258 e. The van der Waals surface area contributed by atoms with Crippen LogP contribution < -0.4 is 10.9 Å². The zero-order chi connectivity index (χ0) is 20.3. The maximum atomic E-state index is 13.4. The van der Waals surface area contributed by atoms with Crippen LogP contribution in [0.4, 0.5) is 5.69 Å². The van der Waals surface area contributed by atoms with Crippen LogP contribution in [0.1, 0.15) is 37.7 Å². The van der Waals surface area contributed by atoms with Crippen molar-refractivity contribution in [3.05, 3.63) is 70.9 Å². The Morgan fingerprint density at radius 1 is 1.07 bits per heavy atom. The van der Waals surface area contributed by atoms with E-state index in [4.69, 9.17) is 0 Å². The van der Waals surface area contributed by atoms with Gasteiger partial charge in [-0.1, -0.05) is 12.1 Å². The van der Waals surface area contributed by atoms with E-state index in [9.17, 15) is 9.59 Å². The van der Waals surface area contributed by atoms with Gasteiger partial charge in [-0.2, -0.15) is 0 Å². The quantitative estimate of drug-likeness (QED) is 0.715. The highest BCUT2D eigenvalue weighted by Crippen LogP contribution is 2.65. The van der Waals surface area contributed by atoms with Gasteiger partial charge in [-0.05, 0) is 79.7 Å². The van der Waals surface area contributed by atoms with Crippen molar-refractivity contribution < 1.29 is 4.79 Å². The van der Waals surface area contributed by atoms with Gasteiger partial charge in [0.2, 0.25) is 5.91 Å². The number of nitrogens with zero attached hydrogens (tertiary/aromatic N) is 2. The fourth-order valence-electron chi connectivity index (χ4n) is 6.65. The van der Waals surface area contributed by atoms with E-state index in [0.717, 1.165) is 41.3 Å². The minimum atomic E-state index is -0.176. The molecule has 0 aliphatic heterocycles. The number of pyridine rings is 2. The Balaban J connectivity index is 1.32. The van der Waals surface area contributed by atoms with E-state index < -0.39 is 0 Å². The molecule has 0 spiro atoms. The number of hydrogen-bond acceptors (Lipinski definition) is 3. The summed E-state index contributed by atoms with van der Waals surface area (Å²) in [6, 6.07) is 11.4. The third kappa shape index (κ3) is 2.64. The molecule has 1 N–H and O–H groups in total. The van der Waals surface area contributed by atoms with Crippen molar-refractivity contribution in [3.8, 4) is 0 Å². The van der Waals surface area contributed by atoms with E-state index in [0.29, 0.717) is 17.8 Å². The number of anilines is 1. The molecule has 1 aromatic carbocycles. The number of carbonyl (C=O) groups is 1. The van der Waals surface area contributed by atoms with E-state index in [1.807, 2.05) is 42.6 Å². The average Bonchev–Trinajstić information content (AvgIpc) is 3.16. The highest BCUT2D eigenvalue weighted by Gasteiger charge is 2.61. The number of fused-ring (bicyclic) bond motifs is 1. The summed E-state index contributed by atoms with van der Waals surface area (Å²) in [5.74, 6) is 2.19. The van der Waals surface area contributed by atoms with Crippen LogP contribution in [-0.4, -0.2) is 15.5 Å². The Morgan fingerprint density at radius 3 is 2.67 bits per heavy atom. The third-order valence-electron chi connectivity index (χ3n) is 7.78. The first-order valence-corrected chi connectivity index (χ1v) is 10.9. The molecule has 1 amide bonds. The van der Waals surface area contributed by atoms with Crippen molar-refractivity contribution in [2.24, 2.45) is 23.2 Å². The minimum absolute atomic E-state index is 0.0496. The monoisotopic (exact) mass is 399 g/mol. The number of benzene rings is 1. The molecule has 30 heavy (non-hydrogen) atoms. The molecule has 152 valence electrons. The fraction of sp³-hybridized carbons (Fsp3) is 0.400. The molecule has 2 aromatic heterocycles. The fourth-order valence-corrected chi connectivity index (χ4v) is 6.65. The molecule has 4 fully saturated rings. The lowest BCUT2D eigenvalue weighted by Crippen LogP contribution is -2.37. The summed E-state index contributed by atoms with van der Waals surface area (Å²) in [6.07, 6.45) is 11.2. The second-order valence-corrected chi connectivity index (χ2v) is 9.53. The Morgan fingerprint density at radius 2 is 1.90 bits per heavy atom. The molecular formula is C25H25N3O2. The van der Waals surface area contributed by atoms with Crippen LogP contribution in [0, 0.1) is 23.2 Å². The lowest BCUT2D eigenvalue weighted by molar-refractivity contribution is -0.127. The van der Waals surface area contributed by atoms with Gasteiger partial charge in [-0.15, -0.1) is 0 Å². The minimum Gasteiger partial charge on any atom is -0.325 e. The molecule has 4 atom stereocenters. The van der Waals surface area contributed by atoms with E-state index >= 15 is 0 Å². The number of aromatic nitrogens is 2. The van der Waals surface area contributed by atoms with E-state index in [-0.39, 0.29) is 16.9 Å². The Bertz CT molecular complexity index is 1190. The predicted octanol–water partition coefficient (Wildman–Crippen LogP) is 4.21. The summed E-state index contributed by atoms with van der Waals surface area (Å²) in [5.41, 5.74) is 1.51. The first-order chi connectivity index (χ1) is 14.6. The predicted molar refractivity (Wildman–Crippen MR) is 116 cm³/mol. The van der Waals surface area contributed by atoms with E-state index in [1.165, 1.54) is 19.3 Å². The van der Waals surface area contributed by atoms with Gasteiger partial charge in [0.1, 0.15) is 0 Å². The van der Waals surface area contributed by atoms with Crippen molar-refractivity contribution in [2.75, 3.05) is 5.32 Å². The average molecular weight is 399 g/mol. The van der Waals surface area contributed by atoms with Crippen molar-refractivity contribution in [1.82, 2.24) is 9.55 Å². The highest BCUT2D eigenvalue weighted by atomic mass is 16.2. The molecule has 5 nitrogen and oxygen atoms in total. The summed E-state index contributed by atoms with van der Waals surface area (Å²) >= 11 is 0. The van der Waals surface area contributed by atoms with E-state index in [2.05, 4.69) is 10.3 Å². The van der Waals surface area contributed by atoms with Crippen LogP contribution in [0.25, 0.3) is 10.8 Å². The maximum absolute atomic E-state index is 13.4. The first kappa shape index (κ1) is 17.9. The molecule has 4 bridgehead atoms. The third-order valence-corrected chi connectivity index (χ3v) is 7.78. The van der Waals surface area contributed by atoms with Gasteiger partial charge in [-0.3, -0.25) is 14.6 Å². The van der Waals surface area contributed by atoms with Gasteiger partial charge in [0.15, 0.2) is 0 Å². The molecule has 2 unspecified atom stereocenters. The van der Waals surface area contributed by atoms with Crippen molar-refractivity contribution >= 4 is 22.4 Å². The van der Waals surface area contributed by atoms with Gasteiger partial charge in [-0.25, -0.2) is 0 Å². The lowest BCUT2D eigenvalue weighted by atomic mass is 9.75. The molecule has 0 radical (unpaired) electrons. The number of nitrogens with one attached hydrogen (secondary N) is 1. The van der Waals surface area contributed by atoms with Gasteiger partial charge >= 0.3 is 0 Å². The summed E-state index contributed by atoms with van der Waals surface area (Å²) in [7, 11) is 0. The zero-order valence-corrected chi connectivity index (χ0v) is 16.9. The second kappa shape index (κ2) is 6.53. The van der Waals surface area contributed by atoms with Crippen molar-refractivity contribution in [3.63, 3.8) is 0 Å². The van der Waals surface area contributed by atoms with Crippen LogP contribution in [0.5, 0.6) is 0 Å². The molecule has 7 rings (SSSR count). The molecule has 4 aliphatic carbocycles. The summed E-state index contributed by atoms with van der Waals surface area (Å²) in [5, 5.41) is 4.68. The van der Waals surface area contributed by atoms with Crippen molar-refractivity contribution in [1.29, 1.82) is 0 Å². The molecule has 4 saturated carbocycles. The van der Waals surface area contributed by atoms with Crippen LogP contribution in [0.3, 0.4) is 0 Å². The first-order valence-electron chi connectivity index (χ1n) is 10.9. The van der Waals surface area contributed by atoms with Crippen molar-refractivity contribution in [2.45, 2.75) is 38.6 Å². The second-order valence-electron chi connectivity index (χ2n) is 9.53. The van der Waals surface area contributed by atoms with Gasteiger partial charge in [0, 0.05) is 35.1 Å². The Hall–Kier alpha value is -2.95. The Kier molecular flexibility index (Phi) is 3.89. The molecule has 4 aliphatic rings. The normalized spacial score (nSPS) is 28.9. The molecule has 5 heteroatoms. The van der Waals surface area contributed by atoms with Crippen LogP contribution in [-0.2, 0) is 11.3 Å². The van der Waals surface area contributed by atoms with Gasteiger partial charge < -0.3 is 9.88 Å². The maximum Gasteiger partial charge on any atom is 0.258 e. The Labute approximate surface area is 175 Å².